The summed E-state index contributed by atoms with van der Waals surface area (Å²) < 4.78 is 10.1. The number of amides is 1. The molecule has 0 saturated heterocycles. The Bertz CT molecular complexity index is 773. The van der Waals surface area contributed by atoms with E-state index in [1.54, 1.807) is 55.5 Å². The summed E-state index contributed by atoms with van der Waals surface area (Å²) >= 11 is 0. The molecule has 0 saturated carbocycles. The quantitative estimate of drug-likeness (QED) is 0.581. The molecule has 6 heteroatoms. The molecule has 1 unspecified atom stereocenters. The number of hydrogen-bond acceptors (Lipinski definition) is 5. The molecule has 2 aromatic carbocycles. The number of para-hydroxylation sites is 1. The van der Waals surface area contributed by atoms with E-state index in [4.69, 9.17) is 9.47 Å². The minimum atomic E-state index is -0.561. The van der Waals surface area contributed by atoms with Crippen LogP contribution >= 0.6 is 0 Å². The van der Waals surface area contributed by atoms with Crippen LogP contribution in [0, 0.1) is 0 Å². The second-order valence-corrected chi connectivity index (χ2v) is 5.73. The van der Waals surface area contributed by atoms with Gasteiger partial charge in [0, 0.05) is 11.6 Å². The summed E-state index contributed by atoms with van der Waals surface area (Å²) in [6.45, 7) is 1.32. The zero-order valence-corrected chi connectivity index (χ0v) is 14.7. The van der Waals surface area contributed by atoms with Crippen LogP contribution in [-0.4, -0.2) is 37.4 Å². The molecule has 0 spiro atoms. The lowest BCUT2D eigenvalue weighted by molar-refractivity contribution is -0.142. The van der Waals surface area contributed by atoms with Crippen molar-refractivity contribution in [1.29, 1.82) is 0 Å². The number of methoxy groups -OCH3 is 1. The van der Waals surface area contributed by atoms with Gasteiger partial charge in [0.25, 0.3) is 5.91 Å². The second-order valence-electron chi connectivity index (χ2n) is 5.73. The van der Waals surface area contributed by atoms with Gasteiger partial charge in [-0.05, 0) is 31.2 Å². The molecule has 0 aliphatic heterocycles. The number of esters is 1. The second kappa shape index (κ2) is 9.36. The van der Waals surface area contributed by atoms with E-state index in [-0.39, 0.29) is 24.7 Å². The molecule has 0 aromatic heterocycles. The Kier molecular flexibility index (Phi) is 6.91. The van der Waals surface area contributed by atoms with Gasteiger partial charge >= 0.3 is 5.97 Å². The van der Waals surface area contributed by atoms with Gasteiger partial charge in [0.15, 0.2) is 6.61 Å². The van der Waals surface area contributed by atoms with E-state index in [0.717, 1.165) is 0 Å². The van der Waals surface area contributed by atoms with E-state index in [2.05, 4.69) is 5.32 Å². The van der Waals surface area contributed by atoms with Gasteiger partial charge in [-0.15, -0.1) is 0 Å². The van der Waals surface area contributed by atoms with Crippen molar-refractivity contribution in [2.45, 2.75) is 19.4 Å². The first-order chi connectivity index (χ1) is 12.5. The van der Waals surface area contributed by atoms with Crippen LogP contribution in [0.2, 0.25) is 0 Å². The number of ether oxygens (including phenoxy) is 2. The summed E-state index contributed by atoms with van der Waals surface area (Å²) in [5.41, 5.74) is 0.868. The van der Waals surface area contributed by atoms with Gasteiger partial charge in [-0.3, -0.25) is 14.4 Å². The fourth-order valence-electron chi connectivity index (χ4n) is 2.36. The number of carbonyl (C=O) groups is 3. The maximum atomic E-state index is 12.2. The van der Waals surface area contributed by atoms with E-state index in [1.807, 2.05) is 6.07 Å². The molecule has 0 bridgehead atoms. The van der Waals surface area contributed by atoms with Crippen molar-refractivity contribution < 1.29 is 23.9 Å². The number of hydrogen-bond donors (Lipinski definition) is 1. The average molecular weight is 355 g/mol. The highest BCUT2D eigenvalue weighted by atomic mass is 16.5. The number of benzene rings is 2. The van der Waals surface area contributed by atoms with E-state index < -0.39 is 12.0 Å². The first kappa shape index (κ1) is 19.2. The fraction of sp³-hybridized carbons (Fsp3) is 0.250. The normalized spacial score (nSPS) is 11.3. The Balaban J connectivity index is 1.81. The van der Waals surface area contributed by atoms with Crippen molar-refractivity contribution in [1.82, 2.24) is 5.32 Å². The van der Waals surface area contributed by atoms with Crippen molar-refractivity contribution in [2.75, 3.05) is 13.7 Å². The monoisotopic (exact) mass is 355 g/mol. The molecular formula is C20H21NO5. The Morgan fingerprint density at radius 3 is 2.35 bits per heavy atom. The van der Waals surface area contributed by atoms with E-state index in [9.17, 15) is 14.4 Å². The molecule has 1 amide bonds. The van der Waals surface area contributed by atoms with Crippen LogP contribution in [0.15, 0.2) is 54.6 Å². The minimum absolute atomic E-state index is 0.0300. The highest BCUT2D eigenvalue weighted by Gasteiger charge is 2.17. The van der Waals surface area contributed by atoms with Crippen molar-refractivity contribution in [3.05, 3.63) is 65.7 Å². The molecule has 2 aromatic rings. The molecule has 1 N–H and O–H groups in total. The number of nitrogens with one attached hydrogen (secondary N) is 1. The van der Waals surface area contributed by atoms with Crippen molar-refractivity contribution in [2.24, 2.45) is 0 Å². The molecule has 0 aliphatic carbocycles. The zero-order chi connectivity index (χ0) is 18.9. The molecule has 2 rings (SSSR count). The van der Waals surface area contributed by atoms with E-state index in [0.29, 0.717) is 16.9 Å². The standard InChI is InChI=1S/C20H21NO5/c1-14(21-20(24)15-8-4-3-5-9-15)12-19(23)26-13-17(22)16-10-6-7-11-18(16)25-2/h3-11,14H,12-13H2,1-2H3,(H,21,24). The zero-order valence-electron chi connectivity index (χ0n) is 14.7. The van der Waals surface area contributed by atoms with Gasteiger partial charge in [0.05, 0.1) is 19.1 Å². The minimum Gasteiger partial charge on any atom is -0.496 e. The largest absolute Gasteiger partial charge is 0.496 e. The maximum absolute atomic E-state index is 12.2. The van der Waals surface area contributed by atoms with Crippen LogP contribution in [0.5, 0.6) is 5.75 Å². The van der Waals surface area contributed by atoms with Crippen LogP contribution in [-0.2, 0) is 9.53 Å². The molecule has 0 aliphatic rings. The SMILES string of the molecule is COc1ccccc1C(=O)COC(=O)CC(C)NC(=O)c1ccccc1. The van der Waals surface area contributed by atoms with Crippen molar-refractivity contribution >= 4 is 17.7 Å². The molecule has 0 radical (unpaired) electrons. The Morgan fingerprint density at radius 2 is 1.65 bits per heavy atom. The molecule has 0 heterocycles. The first-order valence-corrected chi connectivity index (χ1v) is 8.19. The lowest BCUT2D eigenvalue weighted by Gasteiger charge is -2.13. The Labute approximate surface area is 152 Å². The summed E-state index contributed by atoms with van der Waals surface area (Å²) in [5, 5.41) is 2.72. The third-order valence-electron chi connectivity index (χ3n) is 3.66. The lowest BCUT2D eigenvalue weighted by atomic mass is 10.1. The lowest BCUT2D eigenvalue weighted by Crippen LogP contribution is -2.34. The van der Waals surface area contributed by atoms with Gasteiger partial charge in [-0.25, -0.2) is 0 Å². The molecule has 26 heavy (non-hydrogen) atoms. The van der Waals surface area contributed by atoms with Crippen LogP contribution in [0.4, 0.5) is 0 Å². The summed E-state index contributed by atoms with van der Waals surface area (Å²) in [4.78, 5) is 36.1. The van der Waals surface area contributed by atoms with Gasteiger partial charge in [-0.1, -0.05) is 30.3 Å². The number of Topliss-reactive ketones (excluding diaryl/α,β-unsaturated/α-hetero) is 1. The first-order valence-electron chi connectivity index (χ1n) is 8.19. The molecule has 136 valence electrons. The number of carbonyl (C=O) groups excluding carboxylic acids is 3. The van der Waals surface area contributed by atoms with Crippen LogP contribution < -0.4 is 10.1 Å². The van der Waals surface area contributed by atoms with E-state index in [1.165, 1.54) is 7.11 Å². The summed E-state index contributed by atoms with van der Waals surface area (Å²) in [6, 6.07) is 15.0. The highest BCUT2D eigenvalue weighted by Crippen LogP contribution is 2.17. The predicted molar refractivity (Wildman–Crippen MR) is 96.3 cm³/mol. The number of ketones is 1. The van der Waals surface area contributed by atoms with Gasteiger partial charge in [0.1, 0.15) is 5.75 Å². The third kappa shape index (κ3) is 5.44. The van der Waals surface area contributed by atoms with Crippen LogP contribution in [0.25, 0.3) is 0 Å². The smallest absolute Gasteiger partial charge is 0.308 e. The van der Waals surface area contributed by atoms with Gasteiger partial charge in [-0.2, -0.15) is 0 Å². The molecule has 6 nitrogen and oxygen atoms in total. The average Bonchev–Trinajstić information content (AvgIpc) is 2.66. The van der Waals surface area contributed by atoms with E-state index >= 15 is 0 Å². The summed E-state index contributed by atoms with van der Waals surface area (Å²) in [6.07, 6.45) is -0.0300. The highest BCUT2D eigenvalue weighted by molar-refractivity contribution is 6.00. The Hall–Kier alpha value is -3.15. The third-order valence-corrected chi connectivity index (χ3v) is 3.66. The Morgan fingerprint density at radius 1 is 1.00 bits per heavy atom. The fourth-order valence-corrected chi connectivity index (χ4v) is 2.36. The van der Waals surface area contributed by atoms with Gasteiger partial charge < -0.3 is 14.8 Å². The topological polar surface area (TPSA) is 81.7 Å². The maximum Gasteiger partial charge on any atom is 0.308 e. The molecule has 1 atom stereocenters. The predicted octanol–water partition coefficient (Wildman–Crippen LogP) is 2.63. The van der Waals surface area contributed by atoms with Crippen molar-refractivity contribution in [3.63, 3.8) is 0 Å². The summed E-state index contributed by atoms with van der Waals surface area (Å²) in [7, 11) is 1.47. The summed E-state index contributed by atoms with van der Waals surface area (Å²) in [5.74, 6) is -0.751. The van der Waals surface area contributed by atoms with Crippen LogP contribution in [0.3, 0.4) is 0 Å². The van der Waals surface area contributed by atoms with Crippen molar-refractivity contribution in [3.8, 4) is 5.75 Å². The number of rotatable bonds is 8. The van der Waals surface area contributed by atoms with Crippen LogP contribution in [0.1, 0.15) is 34.1 Å². The molecular weight excluding hydrogens is 334 g/mol. The molecule has 0 fully saturated rings. The van der Waals surface area contributed by atoms with Gasteiger partial charge in [0.2, 0.25) is 5.78 Å².